The van der Waals surface area contributed by atoms with Crippen LogP contribution in [0.5, 0.6) is 23.1 Å². The highest BCUT2D eigenvalue weighted by atomic mass is 19.1. The molecule has 8 nitrogen and oxygen atoms in total. The second-order valence-corrected chi connectivity index (χ2v) is 6.77. The number of benzene rings is 2. The summed E-state index contributed by atoms with van der Waals surface area (Å²) in [4.78, 5) is 27.2. The number of carbonyl (C=O) groups is 2. The van der Waals surface area contributed by atoms with Crippen LogP contribution in [0.3, 0.4) is 0 Å². The van der Waals surface area contributed by atoms with E-state index in [2.05, 4.69) is 10.3 Å². The lowest BCUT2D eigenvalue weighted by molar-refractivity contribution is -0.120. The Bertz CT molecular complexity index is 1150. The number of methoxy groups -OCH3 is 1. The van der Waals surface area contributed by atoms with Gasteiger partial charge in [-0.1, -0.05) is 6.07 Å². The third-order valence-corrected chi connectivity index (χ3v) is 4.29. The maximum Gasteiger partial charge on any atom is 0.255 e. The standard InChI is InChI=1S/C24H22FN3O5/c1-31-21-12-16(2-8-20(21)32-15-22(26)29)3-9-23(30)28-14-17-10-11-27-24(13-17)33-19-6-4-18(25)5-7-19/h2-13H,14-15H2,1H3,(H2,26,29)(H,28,30)/b9-3+. The Kier molecular flexibility index (Phi) is 7.96. The van der Waals surface area contributed by atoms with Crippen LogP contribution in [0.1, 0.15) is 11.1 Å². The molecule has 0 bridgehead atoms. The van der Waals surface area contributed by atoms with E-state index in [0.29, 0.717) is 28.7 Å². The van der Waals surface area contributed by atoms with Gasteiger partial charge in [0.2, 0.25) is 11.8 Å². The molecule has 3 aromatic rings. The molecule has 1 aromatic heterocycles. The Morgan fingerprint density at radius 3 is 2.61 bits per heavy atom. The fourth-order valence-electron chi connectivity index (χ4n) is 2.72. The van der Waals surface area contributed by atoms with Crippen LogP contribution >= 0.6 is 0 Å². The van der Waals surface area contributed by atoms with Gasteiger partial charge < -0.3 is 25.3 Å². The van der Waals surface area contributed by atoms with Crippen molar-refractivity contribution in [2.45, 2.75) is 6.54 Å². The second kappa shape index (κ2) is 11.3. The molecule has 9 heteroatoms. The van der Waals surface area contributed by atoms with Crippen molar-refractivity contribution >= 4 is 17.9 Å². The van der Waals surface area contributed by atoms with E-state index in [4.69, 9.17) is 19.9 Å². The number of pyridine rings is 1. The molecule has 0 fully saturated rings. The summed E-state index contributed by atoms with van der Waals surface area (Å²) >= 11 is 0. The number of halogens is 1. The van der Waals surface area contributed by atoms with Crippen molar-refractivity contribution in [1.82, 2.24) is 10.3 Å². The van der Waals surface area contributed by atoms with Gasteiger partial charge in [-0.3, -0.25) is 9.59 Å². The smallest absolute Gasteiger partial charge is 0.255 e. The average Bonchev–Trinajstić information content (AvgIpc) is 2.82. The SMILES string of the molecule is COc1cc(/C=C/C(=O)NCc2ccnc(Oc3ccc(F)cc3)c2)ccc1OCC(N)=O. The molecular formula is C24H22FN3O5. The zero-order valence-electron chi connectivity index (χ0n) is 17.8. The van der Waals surface area contributed by atoms with Crippen LogP contribution in [0, 0.1) is 5.82 Å². The highest BCUT2D eigenvalue weighted by Crippen LogP contribution is 2.28. The van der Waals surface area contributed by atoms with Crippen LogP contribution in [-0.4, -0.2) is 30.5 Å². The normalized spacial score (nSPS) is 10.6. The van der Waals surface area contributed by atoms with Gasteiger partial charge in [0.1, 0.15) is 11.6 Å². The number of hydrogen-bond donors (Lipinski definition) is 2. The topological polar surface area (TPSA) is 113 Å². The predicted octanol–water partition coefficient (Wildman–Crippen LogP) is 3.22. The minimum Gasteiger partial charge on any atom is -0.493 e. The number of amides is 2. The van der Waals surface area contributed by atoms with E-state index in [9.17, 15) is 14.0 Å². The van der Waals surface area contributed by atoms with Gasteiger partial charge in [-0.15, -0.1) is 0 Å². The first kappa shape index (κ1) is 23.3. The van der Waals surface area contributed by atoms with Crippen molar-refractivity contribution in [2.24, 2.45) is 5.73 Å². The molecule has 0 atom stereocenters. The zero-order valence-corrected chi connectivity index (χ0v) is 17.8. The number of nitrogens with two attached hydrogens (primary N) is 1. The van der Waals surface area contributed by atoms with Crippen molar-refractivity contribution < 1.29 is 28.2 Å². The summed E-state index contributed by atoms with van der Waals surface area (Å²) in [7, 11) is 1.47. The molecule has 0 aliphatic rings. The first-order chi connectivity index (χ1) is 15.9. The number of carbonyl (C=O) groups excluding carboxylic acids is 2. The van der Waals surface area contributed by atoms with Gasteiger partial charge >= 0.3 is 0 Å². The number of hydrogen-bond acceptors (Lipinski definition) is 6. The van der Waals surface area contributed by atoms with E-state index in [1.54, 1.807) is 42.6 Å². The van der Waals surface area contributed by atoms with Crippen molar-refractivity contribution in [2.75, 3.05) is 13.7 Å². The predicted molar refractivity (Wildman–Crippen MR) is 119 cm³/mol. The summed E-state index contributed by atoms with van der Waals surface area (Å²) in [6, 6.07) is 14.0. The van der Waals surface area contributed by atoms with Gasteiger partial charge in [0.05, 0.1) is 7.11 Å². The van der Waals surface area contributed by atoms with Crippen molar-refractivity contribution in [1.29, 1.82) is 0 Å². The first-order valence-corrected chi connectivity index (χ1v) is 9.86. The molecular weight excluding hydrogens is 429 g/mol. The number of nitrogens with zero attached hydrogens (tertiary/aromatic N) is 1. The molecule has 2 aromatic carbocycles. The summed E-state index contributed by atoms with van der Waals surface area (Å²) in [6.07, 6.45) is 4.56. The molecule has 0 saturated heterocycles. The summed E-state index contributed by atoms with van der Waals surface area (Å²) in [5.74, 6) is 0.301. The van der Waals surface area contributed by atoms with Crippen LogP contribution in [-0.2, 0) is 16.1 Å². The first-order valence-electron chi connectivity index (χ1n) is 9.86. The number of nitrogens with one attached hydrogen (secondary N) is 1. The van der Waals surface area contributed by atoms with Gasteiger partial charge in [-0.05, 0) is 59.7 Å². The maximum absolute atomic E-state index is 13.0. The molecule has 0 saturated carbocycles. The highest BCUT2D eigenvalue weighted by Gasteiger charge is 2.07. The monoisotopic (exact) mass is 451 g/mol. The van der Waals surface area contributed by atoms with Gasteiger partial charge in [-0.2, -0.15) is 0 Å². The third kappa shape index (κ3) is 7.35. The minimum atomic E-state index is -0.596. The Labute approximate surface area is 189 Å². The van der Waals surface area contributed by atoms with Crippen LogP contribution in [0.15, 0.2) is 66.9 Å². The molecule has 0 aliphatic heterocycles. The minimum absolute atomic E-state index is 0.259. The Morgan fingerprint density at radius 2 is 1.88 bits per heavy atom. The van der Waals surface area contributed by atoms with Gasteiger partial charge in [0.15, 0.2) is 18.1 Å². The second-order valence-electron chi connectivity index (χ2n) is 6.77. The molecule has 0 radical (unpaired) electrons. The average molecular weight is 451 g/mol. The van der Waals surface area contributed by atoms with Crippen LogP contribution in [0.2, 0.25) is 0 Å². The van der Waals surface area contributed by atoms with Crippen molar-refractivity contribution in [3.05, 3.63) is 83.8 Å². The zero-order chi connectivity index (χ0) is 23.6. The van der Waals surface area contributed by atoms with E-state index in [-0.39, 0.29) is 24.9 Å². The molecule has 0 aliphatic carbocycles. The van der Waals surface area contributed by atoms with E-state index in [0.717, 1.165) is 5.56 Å². The number of rotatable bonds is 10. The molecule has 170 valence electrons. The molecule has 1 heterocycles. The van der Waals surface area contributed by atoms with E-state index in [1.165, 1.54) is 37.5 Å². The van der Waals surface area contributed by atoms with E-state index in [1.807, 2.05) is 0 Å². The van der Waals surface area contributed by atoms with Gasteiger partial charge in [-0.25, -0.2) is 9.37 Å². The molecule has 33 heavy (non-hydrogen) atoms. The Morgan fingerprint density at radius 1 is 1.09 bits per heavy atom. The summed E-state index contributed by atoms with van der Waals surface area (Å²) in [6.45, 7) is -0.00566. The summed E-state index contributed by atoms with van der Waals surface area (Å²) in [5.41, 5.74) is 6.56. The third-order valence-electron chi connectivity index (χ3n) is 4.29. The number of ether oxygens (including phenoxy) is 3. The van der Waals surface area contributed by atoms with E-state index >= 15 is 0 Å². The van der Waals surface area contributed by atoms with Crippen molar-refractivity contribution in [3.8, 4) is 23.1 Å². The largest absolute Gasteiger partial charge is 0.493 e. The summed E-state index contributed by atoms with van der Waals surface area (Å²) in [5, 5.41) is 2.77. The molecule has 3 N–H and O–H groups in total. The van der Waals surface area contributed by atoms with Gasteiger partial charge in [0.25, 0.3) is 5.91 Å². The lowest BCUT2D eigenvalue weighted by atomic mass is 10.2. The summed E-state index contributed by atoms with van der Waals surface area (Å²) < 4.78 is 29.1. The van der Waals surface area contributed by atoms with Crippen LogP contribution < -0.4 is 25.3 Å². The Balaban J connectivity index is 1.55. The highest BCUT2D eigenvalue weighted by molar-refractivity contribution is 5.91. The molecule has 2 amide bonds. The number of aromatic nitrogens is 1. The lowest BCUT2D eigenvalue weighted by Gasteiger charge is -2.10. The Hall–Kier alpha value is -4.40. The fourth-order valence-corrected chi connectivity index (χ4v) is 2.72. The van der Waals surface area contributed by atoms with Gasteiger partial charge in [0, 0.05) is 24.9 Å². The number of primary amides is 1. The maximum atomic E-state index is 13.0. The van der Waals surface area contributed by atoms with E-state index < -0.39 is 5.91 Å². The molecule has 0 spiro atoms. The quantitative estimate of drug-likeness (QED) is 0.458. The van der Waals surface area contributed by atoms with Crippen molar-refractivity contribution in [3.63, 3.8) is 0 Å². The molecule has 0 unspecified atom stereocenters. The van der Waals surface area contributed by atoms with Crippen LogP contribution in [0.4, 0.5) is 4.39 Å². The lowest BCUT2D eigenvalue weighted by Crippen LogP contribution is -2.20. The molecule has 3 rings (SSSR count). The fraction of sp³-hybridized carbons (Fsp3) is 0.125. The van der Waals surface area contributed by atoms with Crippen LogP contribution in [0.25, 0.3) is 6.08 Å².